The first-order valence-electron chi connectivity index (χ1n) is 8.46. The molecule has 0 aliphatic rings. The average Bonchev–Trinajstić information content (AvgIpc) is 2.68. The van der Waals surface area contributed by atoms with E-state index in [1.165, 1.54) is 17.7 Å². The van der Waals surface area contributed by atoms with Gasteiger partial charge in [0.05, 0.1) is 11.0 Å². The molecule has 0 bridgehead atoms. The molecule has 0 aliphatic heterocycles. The minimum atomic E-state index is -0.427. The molecule has 0 unspecified atom stereocenters. The normalized spacial score (nSPS) is 11.4. The van der Waals surface area contributed by atoms with E-state index in [1.807, 2.05) is 30.3 Å². The van der Waals surface area contributed by atoms with Crippen LogP contribution in [-0.2, 0) is 0 Å². The number of nitro benzene ring substituents is 1. The van der Waals surface area contributed by atoms with Crippen molar-refractivity contribution in [2.75, 3.05) is 5.32 Å². The van der Waals surface area contributed by atoms with Gasteiger partial charge in [0.15, 0.2) is 5.11 Å². The molecular weight excluding hydrogens is 358 g/mol. The van der Waals surface area contributed by atoms with E-state index in [9.17, 15) is 10.1 Å². The molecule has 0 heterocycles. The first-order valence-corrected chi connectivity index (χ1v) is 8.87. The maximum atomic E-state index is 10.8. The quantitative estimate of drug-likeness (QED) is 0.373. The Bertz CT molecular complexity index is 926. The molecule has 0 saturated heterocycles. The highest BCUT2D eigenvalue weighted by Crippen LogP contribution is 2.23. The van der Waals surface area contributed by atoms with Gasteiger partial charge in [-0.3, -0.25) is 10.1 Å². The summed E-state index contributed by atoms with van der Waals surface area (Å²) in [5.74, 6) is 0. The maximum Gasteiger partial charge on any atom is 0.269 e. The fourth-order valence-corrected chi connectivity index (χ4v) is 2.96. The first-order chi connectivity index (χ1) is 13.0. The number of non-ortho nitro benzene ring substituents is 1. The van der Waals surface area contributed by atoms with Gasteiger partial charge in [0.25, 0.3) is 5.69 Å². The average molecular weight is 377 g/mol. The lowest BCUT2D eigenvalue weighted by atomic mass is 9.98. The van der Waals surface area contributed by atoms with E-state index in [0.717, 1.165) is 11.1 Å². The lowest BCUT2D eigenvalue weighted by Gasteiger charge is -2.22. The highest BCUT2D eigenvalue weighted by atomic mass is 32.1. The van der Waals surface area contributed by atoms with Crippen LogP contribution in [0.25, 0.3) is 0 Å². The molecule has 2 N–H and O–H groups in total. The topological polar surface area (TPSA) is 67.2 Å². The molecule has 0 aliphatic carbocycles. The van der Waals surface area contributed by atoms with Crippen LogP contribution in [-0.4, -0.2) is 10.0 Å². The Kier molecular flexibility index (Phi) is 5.78. The van der Waals surface area contributed by atoms with Crippen molar-refractivity contribution >= 4 is 28.7 Å². The van der Waals surface area contributed by atoms with Crippen LogP contribution in [0.4, 0.5) is 11.4 Å². The third-order valence-corrected chi connectivity index (χ3v) is 4.37. The Labute approximate surface area is 163 Å². The van der Waals surface area contributed by atoms with Crippen molar-refractivity contribution in [1.29, 1.82) is 0 Å². The van der Waals surface area contributed by atoms with Crippen LogP contribution < -0.4 is 10.6 Å². The third-order valence-electron chi connectivity index (χ3n) is 4.16. The predicted molar refractivity (Wildman–Crippen MR) is 112 cm³/mol. The third kappa shape index (κ3) is 4.89. The number of anilines is 1. The summed E-state index contributed by atoms with van der Waals surface area (Å²) in [4.78, 5) is 10.3. The zero-order valence-corrected chi connectivity index (χ0v) is 15.6. The molecule has 5 nitrogen and oxygen atoms in total. The maximum absolute atomic E-state index is 10.8. The molecule has 3 aromatic carbocycles. The Morgan fingerprint density at radius 2 is 1.52 bits per heavy atom. The van der Waals surface area contributed by atoms with Gasteiger partial charge in [0.1, 0.15) is 0 Å². The molecular formula is C21H19N3O2S. The molecule has 3 aromatic rings. The second-order valence-electron chi connectivity index (χ2n) is 6.16. The van der Waals surface area contributed by atoms with E-state index >= 15 is 0 Å². The summed E-state index contributed by atoms with van der Waals surface area (Å²) in [6.07, 6.45) is 0. The molecule has 6 heteroatoms. The van der Waals surface area contributed by atoms with Crippen molar-refractivity contribution < 1.29 is 4.92 Å². The summed E-state index contributed by atoms with van der Waals surface area (Å²) in [5, 5.41) is 17.6. The lowest BCUT2D eigenvalue weighted by Crippen LogP contribution is -2.33. The van der Waals surface area contributed by atoms with Crippen LogP contribution >= 0.6 is 12.2 Å². The highest BCUT2D eigenvalue weighted by molar-refractivity contribution is 7.80. The standard InChI is InChI=1S/C21H19N3O2S/c1-15-7-9-17(10-8-15)20(16-5-3-2-4-6-16)23-21(27)22-18-11-13-19(14-12-18)24(25)26/h2-14,20H,1H3,(H2,22,23,27)/t20-/m0/s1. The fourth-order valence-electron chi connectivity index (χ4n) is 2.73. The van der Waals surface area contributed by atoms with Crippen molar-refractivity contribution in [3.8, 4) is 0 Å². The Morgan fingerprint density at radius 1 is 0.926 bits per heavy atom. The highest BCUT2D eigenvalue weighted by Gasteiger charge is 2.15. The number of benzene rings is 3. The van der Waals surface area contributed by atoms with Gasteiger partial charge in [-0.05, 0) is 42.4 Å². The molecule has 27 heavy (non-hydrogen) atoms. The van der Waals surface area contributed by atoms with E-state index in [1.54, 1.807) is 12.1 Å². The van der Waals surface area contributed by atoms with Gasteiger partial charge in [-0.15, -0.1) is 0 Å². The summed E-state index contributed by atoms with van der Waals surface area (Å²) >= 11 is 5.47. The monoisotopic (exact) mass is 377 g/mol. The second kappa shape index (κ2) is 8.42. The first kappa shape index (κ1) is 18.5. The summed E-state index contributed by atoms with van der Waals surface area (Å²) < 4.78 is 0. The molecule has 3 rings (SSSR count). The van der Waals surface area contributed by atoms with Gasteiger partial charge in [-0.25, -0.2) is 0 Å². The molecule has 136 valence electrons. The number of nitrogens with zero attached hydrogens (tertiary/aromatic N) is 1. The summed E-state index contributed by atoms with van der Waals surface area (Å²) in [6, 6.07) is 24.4. The minimum Gasteiger partial charge on any atom is -0.352 e. The van der Waals surface area contributed by atoms with Gasteiger partial charge < -0.3 is 10.6 Å². The number of nitro groups is 1. The van der Waals surface area contributed by atoms with Crippen LogP contribution in [0.5, 0.6) is 0 Å². The van der Waals surface area contributed by atoms with Crippen LogP contribution in [0.15, 0.2) is 78.9 Å². The van der Waals surface area contributed by atoms with Crippen molar-refractivity contribution in [2.45, 2.75) is 13.0 Å². The largest absolute Gasteiger partial charge is 0.352 e. The summed E-state index contributed by atoms with van der Waals surface area (Å²) in [6.45, 7) is 2.05. The molecule has 0 fully saturated rings. The lowest BCUT2D eigenvalue weighted by molar-refractivity contribution is -0.384. The number of hydrogen-bond acceptors (Lipinski definition) is 3. The molecule has 0 saturated carbocycles. The second-order valence-corrected chi connectivity index (χ2v) is 6.57. The number of hydrogen-bond donors (Lipinski definition) is 2. The Hall–Kier alpha value is -3.25. The van der Waals surface area contributed by atoms with Gasteiger partial charge in [-0.2, -0.15) is 0 Å². The number of thiocarbonyl (C=S) groups is 1. The zero-order chi connectivity index (χ0) is 19.2. The molecule has 0 radical (unpaired) electrons. The zero-order valence-electron chi connectivity index (χ0n) is 14.8. The van der Waals surface area contributed by atoms with Gasteiger partial charge in [0.2, 0.25) is 0 Å². The van der Waals surface area contributed by atoms with E-state index in [-0.39, 0.29) is 11.7 Å². The number of rotatable bonds is 5. The number of nitrogens with one attached hydrogen (secondary N) is 2. The van der Waals surface area contributed by atoms with Gasteiger partial charge in [-0.1, -0.05) is 60.2 Å². The van der Waals surface area contributed by atoms with Crippen LogP contribution in [0.1, 0.15) is 22.7 Å². The van der Waals surface area contributed by atoms with E-state index in [0.29, 0.717) is 10.8 Å². The molecule has 0 aromatic heterocycles. The van der Waals surface area contributed by atoms with E-state index in [4.69, 9.17) is 12.2 Å². The van der Waals surface area contributed by atoms with Gasteiger partial charge >= 0.3 is 0 Å². The SMILES string of the molecule is Cc1ccc([C@@H](NC(=S)Nc2ccc([N+](=O)[O-])cc2)c2ccccc2)cc1. The number of aryl methyl sites for hydroxylation is 1. The van der Waals surface area contributed by atoms with Crippen LogP contribution in [0, 0.1) is 17.0 Å². The summed E-state index contributed by atoms with van der Waals surface area (Å²) in [7, 11) is 0. The summed E-state index contributed by atoms with van der Waals surface area (Å²) in [5.41, 5.74) is 4.11. The molecule has 0 amide bonds. The van der Waals surface area contributed by atoms with Gasteiger partial charge in [0, 0.05) is 17.8 Å². The molecule has 1 atom stereocenters. The van der Waals surface area contributed by atoms with E-state index < -0.39 is 4.92 Å². The van der Waals surface area contributed by atoms with Crippen molar-refractivity contribution in [1.82, 2.24) is 5.32 Å². The Balaban J connectivity index is 1.78. The van der Waals surface area contributed by atoms with Crippen molar-refractivity contribution in [3.63, 3.8) is 0 Å². The smallest absolute Gasteiger partial charge is 0.269 e. The minimum absolute atomic E-state index is 0.0428. The molecule has 0 spiro atoms. The van der Waals surface area contributed by atoms with Crippen molar-refractivity contribution in [3.05, 3.63) is 106 Å². The predicted octanol–water partition coefficient (Wildman–Crippen LogP) is 4.98. The Morgan fingerprint density at radius 3 is 2.11 bits per heavy atom. The van der Waals surface area contributed by atoms with Crippen LogP contribution in [0.3, 0.4) is 0 Å². The fraction of sp³-hybridized carbons (Fsp3) is 0.0952. The van der Waals surface area contributed by atoms with Crippen LogP contribution in [0.2, 0.25) is 0 Å². The van der Waals surface area contributed by atoms with E-state index in [2.05, 4.69) is 41.8 Å². The van der Waals surface area contributed by atoms with Crippen molar-refractivity contribution in [2.24, 2.45) is 0 Å².